The molecule has 1 unspecified atom stereocenters. The number of benzene rings is 1. The smallest absolute Gasteiger partial charge is 0.264 e. The molecule has 0 spiro atoms. The summed E-state index contributed by atoms with van der Waals surface area (Å²) in [6.45, 7) is 1.37. The molecule has 1 fully saturated rings. The van der Waals surface area contributed by atoms with Crippen LogP contribution < -0.4 is 5.73 Å². The Morgan fingerprint density at radius 2 is 1.88 bits per heavy atom. The topological polar surface area (TPSA) is 97.5 Å². The van der Waals surface area contributed by atoms with E-state index in [0.29, 0.717) is 16.5 Å². The third kappa shape index (κ3) is 6.97. The molecule has 24 heavy (non-hydrogen) atoms. The Labute approximate surface area is 153 Å². The van der Waals surface area contributed by atoms with Crippen molar-refractivity contribution in [1.29, 1.82) is 0 Å². The highest BCUT2D eigenvalue weighted by atomic mass is 35.5. The fraction of sp³-hybridized carbons (Fsp3) is 0.562. The van der Waals surface area contributed by atoms with E-state index in [0.717, 1.165) is 0 Å². The van der Waals surface area contributed by atoms with Gasteiger partial charge in [0.05, 0.1) is 5.75 Å². The molecule has 1 aromatic rings. The molecule has 1 aliphatic carbocycles. The van der Waals surface area contributed by atoms with Gasteiger partial charge in [-0.15, -0.1) is 11.6 Å². The maximum Gasteiger partial charge on any atom is 0.264 e. The second kappa shape index (κ2) is 9.61. The third-order valence-corrected chi connectivity index (χ3v) is 5.50. The lowest BCUT2D eigenvalue weighted by molar-refractivity contribution is -0.117. The third-order valence-electron chi connectivity index (χ3n) is 3.98. The van der Waals surface area contributed by atoms with E-state index in [1.807, 2.05) is 12.1 Å². The van der Waals surface area contributed by atoms with Gasteiger partial charge >= 0.3 is 0 Å². The molecule has 0 aromatic heterocycles. The molecule has 0 heterocycles. The predicted octanol–water partition coefficient (Wildman–Crippen LogP) is 4.05. The SMILES string of the molecule is CCS(=O)(=O)O.NC(=O)C(Cl)c1ccc(C2CCCCC2)c(Cl)c1. The Balaban J connectivity index is 0.000000413. The Hall–Kier alpha value is -0.820. The van der Waals surface area contributed by atoms with Gasteiger partial charge < -0.3 is 5.73 Å². The van der Waals surface area contributed by atoms with Crippen LogP contribution in [0.4, 0.5) is 0 Å². The number of hydrogen-bond donors (Lipinski definition) is 2. The Morgan fingerprint density at radius 3 is 2.29 bits per heavy atom. The molecular formula is C16H23Cl2NO4S. The quantitative estimate of drug-likeness (QED) is 0.593. The van der Waals surface area contributed by atoms with Crippen molar-refractivity contribution in [2.24, 2.45) is 5.73 Å². The van der Waals surface area contributed by atoms with Gasteiger partial charge in [0.25, 0.3) is 10.1 Å². The zero-order valence-corrected chi connectivity index (χ0v) is 15.9. The number of nitrogens with two attached hydrogens (primary N) is 1. The second-order valence-corrected chi connectivity index (χ2v) is 8.34. The summed E-state index contributed by atoms with van der Waals surface area (Å²) in [7, 11) is -3.66. The molecule has 0 bridgehead atoms. The molecule has 0 saturated heterocycles. The van der Waals surface area contributed by atoms with E-state index < -0.39 is 21.4 Å². The lowest BCUT2D eigenvalue weighted by Gasteiger charge is -2.23. The molecule has 1 aliphatic rings. The summed E-state index contributed by atoms with van der Waals surface area (Å²) in [6, 6.07) is 5.62. The van der Waals surface area contributed by atoms with Crippen molar-refractivity contribution < 1.29 is 17.8 Å². The first-order chi connectivity index (χ1) is 11.2. The molecule has 1 saturated carbocycles. The van der Waals surface area contributed by atoms with Gasteiger partial charge in [0.2, 0.25) is 5.91 Å². The van der Waals surface area contributed by atoms with Crippen molar-refractivity contribution >= 4 is 39.2 Å². The van der Waals surface area contributed by atoms with Crippen LogP contribution in [-0.2, 0) is 14.9 Å². The summed E-state index contributed by atoms with van der Waals surface area (Å²) in [5.74, 6) is -0.201. The van der Waals surface area contributed by atoms with Gasteiger partial charge in [-0.2, -0.15) is 8.42 Å². The van der Waals surface area contributed by atoms with Crippen molar-refractivity contribution in [2.75, 3.05) is 5.75 Å². The number of rotatable bonds is 4. The van der Waals surface area contributed by atoms with E-state index in [2.05, 4.69) is 0 Å². The molecule has 8 heteroatoms. The number of hydrogen-bond acceptors (Lipinski definition) is 3. The zero-order chi connectivity index (χ0) is 18.3. The largest absolute Gasteiger partial charge is 0.368 e. The van der Waals surface area contributed by atoms with Crippen LogP contribution >= 0.6 is 23.2 Å². The number of amides is 1. The minimum absolute atomic E-state index is 0.201. The van der Waals surface area contributed by atoms with Crippen molar-refractivity contribution in [3.63, 3.8) is 0 Å². The van der Waals surface area contributed by atoms with Gasteiger partial charge in [0.15, 0.2) is 0 Å². The van der Waals surface area contributed by atoms with Crippen LogP contribution in [0.25, 0.3) is 0 Å². The molecule has 1 aromatic carbocycles. The average molecular weight is 396 g/mol. The van der Waals surface area contributed by atoms with Gasteiger partial charge in [-0.05, 0) is 42.9 Å². The van der Waals surface area contributed by atoms with E-state index in [1.54, 1.807) is 6.07 Å². The Bertz CT molecular complexity index is 658. The maximum atomic E-state index is 11.0. The van der Waals surface area contributed by atoms with E-state index in [9.17, 15) is 13.2 Å². The number of carbonyl (C=O) groups excluding carboxylic acids is 1. The highest BCUT2D eigenvalue weighted by Crippen LogP contribution is 2.37. The van der Waals surface area contributed by atoms with Crippen molar-refractivity contribution in [3.8, 4) is 0 Å². The molecule has 0 radical (unpaired) electrons. The monoisotopic (exact) mass is 395 g/mol. The van der Waals surface area contributed by atoms with E-state index in [1.165, 1.54) is 44.6 Å². The molecule has 136 valence electrons. The summed E-state index contributed by atoms with van der Waals surface area (Å²) < 4.78 is 26.9. The molecule has 2 rings (SSSR count). The minimum atomic E-state index is -3.66. The van der Waals surface area contributed by atoms with Crippen molar-refractivity contribution in [1.82, 2.24) is 0 Å². The summed E-state index contributed by atoms with van der Waals surface area (Å²) in [4.78, 5) is 11.0. The zero-order valence-electron chi connectivity index (χ0n) is 13.5. The first-order valence-corrected chi connectivity index (χ1v) is 10.3. The summed E-state index contributed by atoms with van der Waals surface area (Å²) in [5, 5.41) is -0.103. The van der Waals surface area contributed by atoms with Crippen LogP contribution in [0, 0.1) is 0 Å². The van der Waals surface area contributed by atoms with Crippen LogP contribution in [0.1, 0.15) is 61.4 Å². The average Bonchev–Trinajstić information content (AvgIpc) is 2.54. The van der Waals surface area contributed by atoms with E-state index in [4.69, 9.17) is 33.5 Å². The maximum absolute atomic E-state index is 11.0. The normalized spacial score (nSPS) is 16.8. The van der Waals surface area contributed by atoms with Crippen LogP contribution in [0.15, 0.2) is 18.2 Å². The number of halogens is 2. The van der Waals surface area contributed by atoms with E-state index in [-0.39, 0.29) is 5.75 Å². The van der Waals surface area contributed by atoms with Gasteiger partial charge in [-0.3, -0.25) is 9.35 Å². The second-order valence-electron chi connectivity index (χ2n) is 5.75. The van der Waals surface area contributed by atoms with Crippen LogP contribution in [0.5, 0.6) is 0 Å². The van der Waals surface area contributed by atoms with Crippen LogP contribution in [-0.4, -0.2) is 24.6 Å². The standard InChI is InChI=1S/C14H17Cl2NO.C2H6O3S/c15-12-8-10(13(16)14(17)18)6-7-11(12)9-4-2-1-3-5-9;1-2-6(3,4)5/h6-9,13H,1-5H2,(H2,17,18);2H2,1H3,(H,3,4,5). The summed E-state index contributed by atoms with van der Waals surface area (Å²) in [6.07, 6.45) is 6.24. The van der Waals surface area contributed by atoms with Gasteiger partial charge in [-0.25, -0.2) is 0 Å². The number of primary amides is 1. The molecular weight excluding hydrogens is 373 g/mol. The van der Waals surface area contributed by atoms with Crippen LogP contribution in [0.3, 0.4) is 0 Å². The first-order valence-electron chi connectivity index (χ1n) is 7.83. The highest BCUT2D eigenvalue weighted by Gasteiger charge is 2.20. The van der Waals surface area contributed by atoms with Crippen molar-refractivity contribution in [2.45, 2.75) is 50.3 Å². The molecule has 1 amide bonds. The molecule has 5 nitrogen and oxygen atoms in total. The predicted molar refractivity (Wildman–Crippen MR) is 97.2 cm³/mol. The number of alkyl halides is 1. The first kappa shape index (κ1) is 21.2. The summed E-state index contributed by atoms with van der Waals surface area (Å²) in [5.41, 5.74) is 7.03. The van der Waals surface area contributed by atoms with Gasteiger partial charge in [0, 0.05) is 5.02 Å². The lowest BCUT2D eigenvalue weighted by Crippen LogP contribution is -2.17. The fourth-order valence-electron chi connectivity index (χ4n) is 2.61. The minimum Gasteiger partial charge on any atom is -0.368 e. The Kier molecular flexibility index (Phi) is 8.50. The lowest BCUT2D eigenvalue weighted by atomic mass is 9.84. The Morgan fingerprint density at radius 1 is 1.33 bits per heavy atom. The highest BCUT2D eigenvalue weighted by molar-refractivity contribution is 7.85. The molecule has 3 N–H and O–H groups in total. The van der Waals surface area contributed by atoms with Gasteiger partial charge in [0.1, 0.15) is 5.38 Å². The van der Waals surface area contributed by atoms with Crippen LogP contribution in [0.2, 0.25) is 5.02 Å². The van der Waals surface area contributed by atoms with E-state index >= 15 is 0 Å². The summed E-state index contributed by atoms with van der Waals surface area (Å²) >= 11 is 12.2. The molecule has 1 atom stereocenters. The number of carbonyl (C=O) groups is 1. The van der Waals surface area contributed by atoms with Gasteiger partial charge in [-0.1, -0.05) is 43.0 Å². The van der Waals surface area contributed by atoms with Crippen molar-refractivity contribution in [3.05, 3.63) is 34.3 Å². The fourth-order valence-corrected chi connectivity index (χ4v) is 3.09. The molecule has 0 aliphatic heterocycles.